The van der Waals surface area contributed by atoms with E-state index in [0.717, 1.165) is 4.47 Å². The van der Waals surface area contributed by atoms with Crippen LogP contribution in [0.25, 0.3) is 0 Å². The second kappa shape index (κ2) is 8.87. The number of halogens is 2. The first-order valence-electron chi connectivity index (χ1n) is 5.84. The van der Waals surface area contributed by atoms with Gasteiger partial charge in [0, 0.05) is 18.0 Å². The molecule has 4 heteroatoms. The minimum atomic E-state index is -0.313. The Morgan fingerprint density at radius 2 is 2.32 bits per heavy atom. The van der Waals surface area contributed by atoms with Gasteiger partial charge in [-0.3, -0.25) is 0 Å². The molecule has 0 amide bonds. The van der Waals surface area contributed by atoms with Gasteiger partial charge >= 0.3 is 0 Å². The van der Waals surface area contributed by atoms with E-state index in [4.69, 9.17) is 9.47 Å². The minimum absolute atomic E-state index is 0.0957. The number of hydrogen-bond donors (Lipinski definition) is 0. The Labute approximate surface area is 121 Å². The molecular weight excluding hydrogens is 311 g/mol. The fourth-order valence-corrected chi connectivity index (χ4v) is 1.75. The molecule has 0 radical (unpaired) electrons. The van der Waals surface area contributed by atoms with Crippen molar-refractivity contribution in [3.63, 3.8) is 0 Å². The third-order valence-corrected chi connectivity index (χ3v) is 2.86. The van der Waals surface area contributed by atoms with Crippen molar-refractivity contribution in [2.24, 2.45) is 0 Å². The molecule has 0 aliphatic heterocycles. The van der Waals surface area contributed by atoms with Crippen LogP contribution in [0.2, 0.25) is 0 Å². The maximum atomic E-state index is 13.4. The van der Waals surface area contributed by atoms with Crippen LogP contribution in [0.1, 0.15) is 18.4 Å². The summed E-state index contributed by atoms with van der Waals surface area (Å²) in [7, 11) is 1.57. The Morgan fingerprint density at radius 3 is 3.00 bits per heavy atom. The molecule has 0 aromatic heterocycles. The summed E-state index contributed by atoms with van der Waals surface area (Å²) in [4.78, 5) is 0. The first-order valence-corrected chi connectivity index (χ1v) is 6.63. The molecule has 1 rings (SSSR count). The zero-order chi connectivity index (χ0) is 14.1. The van der Waals surface area contributed by atoms with Gasteiger partial charge in [0.2, 0.25) is 0 Å². The van der Waals surface area contributed by atoms with Gasteiger partial charge in [0.05, 0.1) is 11.7 Å². The molecular formula is C15H16BrFO2. The third-order valence-electron chi connectivity index (χ3n) is 2.37. The zero-order valence-electron chi connectivity index (χ0n) is 10.8. The van der Waals surface area contributed by atoms with E-state index in [1.165, 1.54) is 6.07 Å². The number of ether oxygens (including phenoxy) is 2. The largest absolute Gasteiger partial charge is 0.359 e. The SMILES string of the molecule is C=CC(CCC#Cc1cc(Br)ccc1F)OCOC. The van der Waals surface area contributed by atoms with E-state index in [1.807, 2.05) is 0 Å². The lowest BCUT2D eigenvalue weighted by Gasteiger charge is -2.10. The van der Waals surface area contributed by atoms with Gasteiger partial charge in [-0.1, -0.05) is 33.8 Å². The Balaban J connectivity index is 2.50. The van der Waals surface area contributed by atoms with Crippen LogP contribution in [0.3, 0.4) is 0 Å². The lowest BCUT2D eigenvalue weighted by Crippen LogP contribution is -2.11. The highest BCUT2D eigenvalue weighted by Crippen LogP contribution is 2.14. The van der Waals surface area contributed by atoms with Crippen LogP contribution in [0.5, 0.6) is 0 Å². The molecule has 1 atom stereocenters. The highest BCUT2D eigenvalue weighted by molar-refractivity contribution is 9.10. The maximum Gasteiger partial charge on any atom is 0.147 e. The molecule has 1 aromatic carbocycles. The quantitative estimate of drug-likeness (QED) is 0.448. The van der Waals surface area contributed by atoms with Gasteiger partial charge < -0.3 is 9.47 Å². The lowest BCUT2D eigenvalue weighted by atomic mass is 10.1. The Bertz CT molecular complexity index is 477. The lowest BCUT2D eigenvalue weighted by molar-refractivity contribution is -0.0569. The molecule has 0 heterocycles. The number of hydrogen-bond acceptors (Lipinski definition) is 2. The second-order valence-corrected chi connectivity index (χ2v) is 4.73. The minimum Gasteiger partial charge on any atom is -0.359 e. The standard InChI is InChI=1S/C15H16BrFO2/c1-3-14(19-11-18-2)7-5-4-6-12-10-13(16)8-9-15(12)17/h3,8-10,14H,1,5,7,11H2,2H3. The Morgan fingerprint density at radius 1 is 1.53 bits per heavy atom. The Hall–Kier alpha value is -1.15. The van der Waals surface area contributed by atoms with Crippen molar-refractivity contribution in [2.45, 2.75) is 18.9 Å². The fourth-order valence-electron chi connectivity index (χ4n) is 1.39. The van der Waals surface area contributed by atoms with E-state index in [2.05, 4.69) is 34.3 Å². The van der Waals surface area contributed by atoms with Crippen LogP contribution in [-0.4, -0.2) is 20.0 Å². The van der Waals surface area contributed by atoms with E-state index < -0.39 is 0 Å². The van der Waals surface area contributed by atoms with Crippen LogP contribution < -0.4 is 0 Å². The summed E-state index contributed by atoms with van der Waals surface area (Å²) in [5.74, 6) is 5.43. The topological polar surface area (TPSA) is 18.5 Å². The van der Waals surface area contributed by atoms with Gasteiger partial charge in [-0.2, -0.15) is 0 Å². The summed E-state index contributed by atoms with van der Waals surface area (Å²) in [5, 5.41) is 0. The van der Waals surface area contributed by atoms with Gasteiger partial charge in [-0.05, 0) is 24.6 Å². The third kappa shape index (κ3) is 6.02. The van der Waals surface area contributed by atoms with E-state index in [-0.39, 0.29) is 18.7 Å². The van der Waals surface area contributed by atoms with Crippen molar-refractivity contribution < 1.29 is 13.9 Å². The summed E-state index contributed by atoms with van der Waals surface area (Å²) in [5.41, 5.74) is 0.391. The molecule has 1 aromatic rings. The molecule has 0 aliphatic rings. The summed E-state index contributed by atoms with van der Waals surface area (Å²) in [6.45, 7) is 3.91. The number of methoxy groups -OCH3 is 1. The molecule has 0 fully saturated rings. The van der Waals surface area contributed by atoms with Gasteiger partial charge in [0.15, 0.2) is 0 Å². The van der Waals surface area contributed by atoms with E-state index in [9.17, 15) is 4.39 Å². The normalized spacial score (nSPS) is 11.5. The first kappa shape index (κ1) is 15.9. The summed E-state index contributed by atoms with van der Waals surface area (Å²) in [6.07, 6.45) is 2.92. The van der Waals surface area contributed by atoms with Crippen molar-refractivity contribution in [3.05, 3.63) is 46.7 Å². The number of benzene rings is 1. The maximum absolute atomic E-state index is 13.4. The fraction of sp³-hybridized carbons (Fsp3) is 0.333. The highest BCUT2D eigenvalue weighted by Gasteiger charge is 2.02. The zero-order valence-corrected chi connectivity index (χ0v) is 12.4. The van der Waals surface area contributed by atoms with Gasteiger partial charge in [0.1, 0.15) is 12.6 Å². The molecule has 0 saturated carbocycles. The van der Waals surface area contributed by atoms with Crippen molar-refractivity contribution in [1.82, 2.24) is 0 Å². The average molecular weight is 327 g/mol. The van der Waals surface area contributed by atoms with Crippen molar-refractivity contribution in [1.29, 1.82) is 0 Å². The van der Waals surface area contributed by atoms with E-state index in [1.54, 1.807) is 25.3 Å². The predicted octanol–water partition coefficient (Wildman–Crippen LogP) is 3.90. The predicted molar refractivity (Wildman–Crippen MR) is 77.2 cm³/mol. The summed E-state index contributed by atoms with van der Waals surface area (Å²) >= 11 is 3.29. The second-order valence-electron chi connectivity index (χ2n) is 3.81. The van der Waals surface area contributed by atoms with Crippen molar-refractivity contribution >= 4 is 15.9 Å². The van der Waals surface area contributed by atoms with Crippen LogP contribution >= 0.6 is 15.9 Å². The molecule has 1 unspecified atom stereocenters. The molecule has 0 aliphatic carbocycles. The van der Waals surface area contributed by atoms with Crippen molar-refractivity contribution in [3.8, 4) is 11.8 Å². The number of rotatable bonds is 6. The molecule has 19 heavy (non-hydrogen) atoms. The highest BCUT2D eigenvalue weighted by atomic mass is 79.9. The van der Waals surface area contributed by atoms with Crippen molar-refractivity contribution in [2.75, 3.05) is 13.9 Å². The van der Waals surface area contributed by atoms with E-state index >= 15 is 0 Å². The molecule has 0 bridgehead atoms. The monoisotopic (exact) mass is 326 g/mol. The van der Waals surface area contributed by atoms with E-state index in [0.29, 0.717) is 18.4 Å². The summed E-state index contributed by atoms with van der Waals surface area (Å²) in [6, 6.07) is 4.70. The molecule has 0 spiro atoms. The Kier molecular flexibility index (Phi) is 7.42. The average Bonchev–Trinajstić information content (AvgIpc) is 2.41. The molecule has 0 N–H and O–H groups in total. The van der Waals surface area contributed by atoms with Gasteiger partial charge in [-0.15, -0.1) is 6.58 Å². The smallest absolute Gasteiger partial charge is 0.147 e. The molecule has 0 saturated heterocycles. The first-order chi connectivity index (χ1) is 9.17. The van der Waals surface area contributed by atoms with Crippen LogP contribution in [0.4, 0.5) is 4.39 Å². The van der Waals surface area contributed by atoms with Gasteiger partial charge in [-0.25, -0.2) is 4.39 Å². The van der Waals surface area contributed by atoms with Crippen LogP contribution in [0, 0.1) is 17.7 Å². The summed E-state index contributed by atoms with van der Waals surface area (Å²) < 4.78 is 24.4. The molecule has 2 nitrogen and oxygen atoms in total. The van der Waals surface area contributed by atoms with Gasteiger partial charge in [0.25, 0.3) is 0 Å². The molecule has 102 valence electrons. The van der Waals surface area contributed by atoms with Crippen LogP contribution in [0.15, 0.2) is 35.3 Å². The van der Waals surface area contributed by atoms with Crippen LogP contribution in [-0.2, 0) is 9.47 Å².